The molecule has 0 rings (SSSR count). The van der Waals surface area contributed by atoms with Gasteiger partial charge in [0.25, 0.3) is 0 Å². The maximum atomic E-state index is 10.5. The average Bonchev–Trinajstić information content (AvgIpc) is 1.85. The maximum Gasteiger partial charge on any atom is 0.371 e. The second-order valence-corrected chi connectivity index (χ2v) is 3.25. The Kier molecular flexibility index (Phi) is 3.73. The molecule has 0 aliphatic heterocycles. The predicted octanol–water partition coefficient (Wildman–Crippen LogP) is 1.17. The van der Waals surface area contributed by atoms with E-state index in [9.17, 15) is 4.79 Å². The fourth-order valence-electron chi connectivity index (χ4n) is 1.22. The summed E-state index contributed by atoms with van der Waals surface area (Å²) >= 11 is 0. The van der Waals surface area contributed by atoms with E-state index in [1.54, 1.807) is 4.90 Å². The third-order valence-corrected chi connectivity index (χ3v) is 1.57. The minimum Gasteiger partial charge on any atom is -0.475 e. The summed E-state index contributed by atoms with van der Waals surface area (Å²) in [5, 5.41) is 15.9. The van der Waals surface area contributed by atoms with Crippen molar-refractivity contribution in [3.05, 3.63) is 0 Å². The summed E-state index contributed by atoms with van der Waals surface area (Å²) in [6, 6.07) is 0.0993. The van der Waals surface area contributed by atoms with Crippen LogP contribution in [0.4, 0.5) is 0 Å². The number of carboxylic acid groups (broad SMARTS) is 1. The lowest BCUT2D eigenvalue weighted by Crippen LogP contribution is -2.45. The molecular weight excluding hydrogens is 156 g/mol. The zero-order chi connectivity index (χ0) is 9.89. The van der Waals surface area contributed by atoms with E-state index < -0.39 is 5.97 Å². The van der Waals surface area contributed by atoms with Crippen molar-refractivity contribution < 1.29 is 9.90 Å². The molecule has 4 nitrogen and oxygen atoms in total. The van der Waals surface area contributed by atoms with E-state index in [0.717, 1.165) is 0 Å². The Morgan fingerprint density at radius 1 is 1.25 bits per heavy atom. The third-order valence-electron chi connectivity index (χ3n) is 1.57. The highest BCUT2D eigenvalue weighted by atomic mass is 16.4. The van der Waals surface area contributed by atoms with Crippen LogP contribution in [-0.2, 0) is 4.79 Å². The molecule has 2 N–H and O–H groups in total. The first kappa shape index (κ1) is 10.9. The Bertz CT molecular complexity index is 179. The maximum absolute atomic E-state index is 10.5. The number of carbonyl (C=O) groups is 1. The Labute approximate surface area is 72.7 Å². The second kappa shape index (κ2) is 4.09. The van der Waals surface area contributed by atoms with E-state index in [2.05, 4.69) is 0 Å². The molecule has 0 amide bonds. The van der Waals surface area contributed by atoms with Crippen LogP contribution in [0.2, 0.25) is 0 Å². The van der Waals surface area contributed by atoms with Crippen molar-refractivity contribution in [3.8, 4) is 0 Å². The third kappa shape index (κ3) is 2.53. The molecule has 0 fully saturated rings. The van der Waals surface area contributed by atoms with Crippen molar-refractivity contribution in [1.29, 1.82) is 5.41 Å². The number of amidine groups is 1. The molecule has 0 aliphatic carbocycles. The number of aliphatic carboxylic acids is 1. The van der Waals surface area contributed by atoms with Crippen molar-refractivity contribution in [3.63, 3.8) is 0 Å². The Morgan fingerprint density at radius 3 is 1.67 bits per heavy atom. The van der Waals surface area contributed by atoms with Crippen LogP contribution < -0.4 is 0 Å². The van der Waals surface area contributed by atoms with Crippen LogP contribution in [0.1, 0.15) is 27.7 Å². The van der Waals surface area contributed by atoms with Gasteiger partial charge in [0.2, 0.25) is 5.84 Å². The Morgan fingerprint density at radius 2 is 1.58 bits per heavy atom. The molecule has 0 unspecified atom stereocenters. The minimum absolute atomic E-state index is 0.0496. The zero-order valence-corrected chi connectivity index (χ0v) is 7.96. The highest BCUT2D eigenvalue weighted by Crippen LogP contribution is 2.05. The summed E-state index contributed by atoms with van der Waals surface area (Å²) in [5.74, 6) is -1.50. The normalized spacial score (nSPS) is 10.5. The van der Waals surface area contributed by atoms with Gasteiger partial charge in [0.05, 0.1) is 0 Å². The number of nitrogens with one attached hydrogen (secondary N) is 1. The van der Waals surface area contributed by atoms with Crippen molar-refractivity contribution >= 4 is 11.8 Å². The van der Waals surface area contributed by atoms with E-state index in [1.807, 2.05) is 27.7 Å². The van der Waals surface area contributed by atoms with Crippen LogP contribution in [0, 0.1) is 5.41 Å². The second-order valence-electron chi connectivity index (χ2n) is 3.25. The van der Waals surface area contributed by atoms with Crippen molar-refractivity contribution in [2.45, 2.75) is 39.8 Å². The van der Waals surface area contributed by atoms with Gasteiger partial charge < -0.3 is 10.0 Å². The smallest absolute Gasteiger partial charge is 0.371 e. The van der Waals surface area contributed by atoms with Gasteiger partial charge >= 0.3 is 5.97 Å². The summed E-state index contributed by atoms with van der Waals surface area (Å²) in [6.45, 7) is 7.49. The van der Waals surface area contributed by atoms with E-state index in [0.29, 0.717) is 0 Å². The summed E-state index contributed by atoms with van der Waals surface area (Å²) in [6.07, 6.45) is 0. The Balaban J connectivity index is 4.52. The standard InChI is InChI=1S/C8H16N2O2/c1-5(2)10(6(3)4)7(9)8(11)12/h5-6,9H,1-4H3,(H,11,12). The fraction of sp³-hybridized carbons (Fsp3) is 0.750. The molecule has 0 aromatic rings. The van der Waals surface area contributed by atoms with E-state index >= 15 is 0 Å². The number of rotatable bonds is 2. The van der Waals surface area contributed by atoms with Crippen LogP contribution in [0.5, 0.6) is 0 Å². The molecule has 0 saturated carbocycles. The zero-order valence-electron chi connectivity index (χ0n) is 7.96. The van der Waals surface area contributed by atoms with Gasteiger partial charge in [0, 0.05) is 12.1 Å². The molecular formula is C8H16N2O2. The van der Waals surface area contributed by atoms with Crippen molar-refractivity contribution in [1.82, 2.24) is 4.90 Å². The topological polar surface area (TPSA) is 64.4 Å². The predicted molar refractivity (Wildman–Crippen MR) is 47.5 cm³/mol. The summed E-state index contributed by atoms with van der Waals surface area (Å²) in [4.78, 5) is 12.0. The Hall–Kier alpha value is -1.06. The monoisotopic (exact) mass is 172 g/mol. The lowest BCUT2D eigenvalue weighted by atomic mass is 10.2. The first-order chi connectivity index (χ1) is 5.37. The molecule has 12 heavy (non-hydrogen) atoms. The molecule has 0 saturated heterocycles. The van der Waals surface area contributed by atoms with Crippen LogP contribution in [0.25, 0.3) is 0 Å². The molecule has 70 valence electrons. The van der Waals surface area contributed by atoms with Crippen LogP contribution in [0.15, 0.2) is 0 Å². The van der Waals surface area contributed by atoms with E-state index in [1.165, 1.54) is 0 Å². The number of nitrogens with zero attached hydrogens (tertiary/aromatic N) is 1. The van der Waals surface area contributed by atoms with Gasteiger partial charge in [-0.05, 0) is 27.7 Å². The van der Waals surface area contributed by atoms with Crippen LogP contribution in [0.3, 0.4) is 0 Å². The highest BCUT2D eigenvalue weighted by molar-refractivity contribution is 6.33. The first-order valence-corrected chi connectivity index (χ1v) is 3.98. The lowest BCUT2D eigenvalue weighted by Gasteiger charge is -2.30. The first-order valence-electron chi connectivity index (χ1n) is 3.98. The molecule has 0 aromatic carbocycles. The number of hydrogen-bond acceptors (Lipinski definition) is 2. The van der Waals surface area contributed by atoms with E-state index in [-0.39, 0.29) is 17.9 Å². The molecule has 0 radical (unpaired) electrons. The number of hydrogen-bond donors (Lipinski definition) is 2. The van der Waals surface area contributed by atoms with Gasteiger partial charge in [-0.15, -0.1) is 0 Å². The van der Waals surface area contributed by atoms with E-state index in [4.69, 9.17) is 10.5 Å². The number of carboxylic acids is 1. The molecule has 0 spiro atoms. The molecule has 0 bridgehead atoms. The highest BCUT2D eigenvalue weighted by Gasteiger charge is 2.21. The van der Waals surface area contributed by atoms with Crippen molar-refractivity contribution in [2.75, 3.05) is 0 Å². The quantitative estimate of drug-likeness (QED) is 0.485. The molecule has 0 aromatic heterocycles. The van der Waals surface area contributed by atoms with Gasteiger partial charge in [0.1, 0.15) is 0 Å². The van der Waals surface area contributed by atoms with Crippen LogP contribution >= 0.6 is 0 Å². The summed E-state index contributed by atoms with van der Waals surface area (Å²) in [5.41, 5.74) is 0. The largest absolute Gasteiger partial charge is 0.475 e. The van der Waals surface area contributed by atoms with Crippen LogP contribution in [-0.4, -0.2) is 33.9 Å². The average molecular weight is 172 g/mol. The van der Waals surface area contributed by atoms with Gasteiger partial charge in [-0.2, -0.15) is 0 Å². The molecule has 0 aliphatic rings. The minimum atomic E-state index is -1.17. The van der Waals surface area contributed by atoms with Gasteiger partial charge in [-0.25, -0.2) is 4.79 Å². The van der Waals surface area contributed by atoms with Gasteiger partial charge in [0.15, 0.2) is 0 Å². The molecule has 4 heteroatoms. The van der Waals surface area contributed by atoms with Crippen molar-refractivity contribution in [2.24, 2.45) is 0 Å². The van der Waals surface area contributed by atoms with Gasteiger partial charge in [-0.3, -0.25) is 5.41 Å². The summed E-state index contributed by atoms with van der Waals surface area (Å²) in [7, 11) is 0. The SMILES string of the molecule is CC(C)N(C(=N)C(=O)O)C(C)C. The molecule has 0 atom stereocenters. The van der Waals surface area contributed by atoms with Gasteiger partial charge in [-0.1, -0.05) is 0 Å². The lowest BCUT2D eigenvalue weighted by molar-refractivity contribution is -0.130. The summed E-state index contributed by atoms with van der Waals surface area (Å²) < 4.78 is 0. The fourth-order valence-corrected chi connectivity index (χ4v) is 1.22. The molecule has 0 heterocycles.